The van der Waals surface area contributed by atoms with Crippen molar-refractivity contribution < 1.29 is 14.4 Å². The fourth-order valence-electron chi connectivity index (χ4n) is 1.60. The minimum absolute atomic E-state index is 0.0693. The van der Waals surface area contributed by atoms with Gasteiger partial charge in [0.05, 0.1) is 6.26 Å². The van der Waals surface area contributed by atoms with Gasteiger partial charge in [-0.1, -0.05) is 12.1 Å². The van der Waals surface area contributed by atoms with Crippen LogP contribution in [0.25, 0.3) is 11.0 Å². The number of nitrogens with two attached hydrogens (primary N) is 1. The van der Waals surface area contributed by atoms with Gasteiger partial charge in [0.2, 0.25) is 0 Å². The van der Waals surface area contributed by atoms with Gasteiger partial charge >= 0.3 is 0 Å². The molecule has 5 nitrogen and oxygen atoms in total. The van der Waals surface area contributed by atoms with Crippen LogP contribution in [-0.4, -0.2) is 17.1 Å². The van der Waals surface area contributed by atoms with Crippen molar-refractivity contribution in [1.29, 1.82) is 0 Å². The zero-order valence-corrected chi connectivity index (χ0v) is 9.46. The molecule has 1 atom stereocenters. The van der Waals surface area contributed by atoms with Gasteiger partial charge in [0.15, 0.2) is 11.9 Å². The fraction of sp³-hybridized carbons (Fsp3) is 0.250. The van der Waals surface area contributed by atoms with E-state index in [2.05, 4.69) is 5.16 Å². The van der Waals surface area contributed by atoms with Crippen LogP contribution in [0, 0.1) is 0 Å². The van der Waals surface area contributed by atoms with E-state index in [1.165, 1.54) is 0 Å². The van der Waals surface area contributed by atoms with Crippen molar-refractivity contribution in [3.8, 4) is 5.75 Å². The largest absolute Gasteiger partial charge is 0.482 e. The molecule has 0 bridgehead atoms. The Morgan fingerprint density at radius 2 is 2.35 bits per heavy atom. The molecule has 2 aromatic rings. The predicted molar refractivity (Wildman–Crippen MR) is 64.3 cm³/mol. The van der Waals surface area contributed by atoms with Gasteiger partial charge in [0, 0.05) is 5.39 Å². The molecule has 5 heteroatoms. The van der Waals surface area contributed by atoms with Crippen LogP contribution in [0.15, 0.2) is 40.1 Å². The quantitative estimate of drug-likeness (QED) is 0.368. The molecule has 0 radical (unpaired) electrons. The lowest BCUT2D eigenvalue weighted by Gasteiger charge is -2.15. The van der Waals surface area contributed by atoms with Crippen molar-refractivity contribution in [2.75, 3.05) is 0 Å². The van der Waals surface area contributed by atoms with Crippen molar-refractivity contribution in [2.45, 2.75) is 19.4 Å². The average Bonchev–Trinajstić information content (AvgIpc) is 2.82. The molecule has 1 heterocycles. The summed E-state index contributed by atoms with van der Waals surface area (Å²) in [5.41, 5.74) is 6.32. The number of furan rings is 1. The van der Waals surface area contributed by atoms with E-state index in [0.29, 0.717) is 12.2 Å². The summed E-state index contributed by atoms with van der Waals surface area (Å²) in [5.74, 6) is 0.733. The second kappa shape index (κ2) is 4.78. The second-order valence-corrected chi connectivity index (χ2v) is 3.66. The van der Waals surface area contributed by atoms with E-state index in [4.69, 9.17) is 20.1 Å². The zero-order chi connectivity index (χ0) is 12.3. The summed E-state index contributed by atoms with van der Waals surface area (Å²) in [6, 6.07) is 7.32. The Balaban J connectivity index is 2.22. The van der Waals surface area contributed by atoms with E-state index in [0.717, 1.165) is 11.0 Å². The summed E-state index contributed by atoms with van der Waals surface area (Å²) >= 11 is 0. The second-order valence-electron chi connectivity index (χ2n) is 3.66. The fourth-order valence-corrected chi connectivity index (χ4v) is 1.60. The lowest BCUT2D eigenvalue weighted by atomic mass is 10.2. The molecule has 0 amide bonds. The van der Waals surface area contributed by atoms with Crippen LogP contribution in [0.5, 0.6) is 5.75 Å². The van der Waals surface area contributed by atoms with Gasteiger partial charge in [0.1, 0.15) is 11.3 Å². The number of fused-ring (bicyclic) bond motifs is 1. The number of hydrogen-bond donors (Lipinski definition) is 2. The average molecular weight is 234 g/mol. The molecule has 1 aromatic heterocycles. The Labute approximate surface area is 98.5 Å². The molecule has 90 valence electrons. The van der Waals surface area contributed by atoms with Gasteiger partial charge in [-0.3, -0.25) is 0 Å². The SMILES string of the molecule is CCC(Oc1ccc2occc2c1)C(N)=NO. The molecule has 0 saturated carbocycles. The lowest BCUT2D eigenvalue weighted by molar-refractivity contribution is 0.247. The summed E-state index contributed by atoms with van der Waals surface area (Å²) in [7, 11) is 0. The van der Waals surface area contributed by atoms with E-state index in [9.17, 15) is 0 Å². The minimum Gasteiger partial charge on any atom is -0.482 e. The smallest absolute Gasteiger partial charge is 0.180 e. The Morgan fingerprint density at radius 1 is 1.53 bits per heavy atom. The summed E-state index contributed by atoms with van der Waals surface area (Å²) in [6.45, 7) is 1.90. The van der Waals surface area contributed by atoms with Gasteiger partial charge in [-0.2, -0.15) is 0 Å². The van der Waals surface area contributed by atoms with Crippen molar-refractivity contribution in [2.24, 2.45) is 10.9 Å². The predicted octanol–water partition coefficient (Wildman–Crippen LogP) is 2.34. The number of nitrogens with zero attached hydrogens (tertiary/aromatic N) is 1. The number of benzene rings is 1. The molecule has 2 rings (SSSR count). The van der Waals surface area contributed by atoms with E-state index < -0.39 is 6.10 Å². The number of amidine groups is 1. The summed E-state index contributed by atoms with van der Waals surface area (Å²) in [6.07, 6.45) is 1.82. The number of hydrogen-bond acceptors (Lipinski definition) is 4. The third-order valence-electron chi connectivity index (χ3n) is 2.52. The topological polar surface area (TPSA) is 81.0 Å². The van der Waals surface area contributed by atoms with E-state index in [1.54, 1.807) is 12.3 Å². The highest BCUT2D eigenvalue weighted by Crippen LogP contribution is 2.22. The van der Waals surface area contributed by atoms with Crippen molar-refractivity contribution in [3.63, 3.8) is 0 Å². The first-order valence-electron chi connectivity index (χ1n) is 5.36. The van der Waals surface area contributed by atoms with Gasteiger partial charge in [-0.15, -0.1) is 0 Å². The maximum atomic E-state index is 8.62. The standard InChI is InChI=1S/C12H14N2O3/c1-2-10(12(13)14-15)17-9-3-4-11-8(7-9)5-6-16-11/h3-7,10,15H,2H2,1H3,(H2,13,14). The molecule has 0 spiro atoms. The van der Waals surface area contributed by atoms with E-state index >= 15 is 0 Å². The van der Waals surface area contributed by atoms with Crippen LogP contribution in [0.4, 0.5) is 0 Å². The van der Waals surface area contributed by atoms with Gasteiger partial charge < -0.3 is 20.1 Å². The Morgan fingerprint density at radius 3 is 3.06 bits per heavy atom. The van der Waals surface area contributed by atoms with Gasteiger partial charge in [0.25, 0.3) is 0 Å². The third-order valence-corrected chi connectivity index (χ3v) is 2.52. The molecular weight excluding hydrogens is 220 g/mol. The highest BCUT2D eigenvalue weighted by atomic mass is 16.5. The van der Waals surface area contributed by atoms with Crippen LogP contribution >= 0.6 is 0 Å². The molecule has 1 unspecified atom stereocenters. The molecule has 1 aromatic carbocycles. The minimum atomic E-state index is -0.427. The first-order valence-corrected chi connectivity index (χ1v) is 5.36. The Kier molecular flexibility index (Phi) is 3.18. The lowest BCUT2D eigenvalue weighted by Crippen LogP contribution is -2.33. The molecule has 0 aliphatic carbocycles. The summed E-state index contributed by atoms with van der Waals surface area (Å²) < 4.78 is 10.9. The molecule has 0 aliphatic rings. The molecular formula is C12H14N2O3. The van der Waals surface area contributed by atoms with E-state index in [1.807, 2.05) is 25.1 Å². The monoisotopic (exact) mass is 234 g/mol. The number of oxime groups is 1. The maximum Gasteiger partial charge on any atom is 0.180 e. The first-order chi connectivity index (χ1) is 8.24. The number of rotatable bonds is 4. The van der Waals surface area contributed by atoms with Crippen LogP contribution in [-0.2, 0) is 0 Å². The van der Waals surface area contributed by atoms with Crippen LogP contribution in [0.2, 0.25) is 0 Å². The highest BCUT2D eigenvalue weighted by Gasteiger charge is 2.13. The number of ether oxygens (including phenoxy) is 1. The third kappa shape index (κ3) is 2.33. The molecule has 0 aliphatic heterocycles. The summed E-state index contributed by atoms with van der Waals surface area (Å²) in [5, 5.41) is 12.5. The van der Waals surface area contributed by atoms with Gasteiger partial charge in [-0.25, -0.2) is 0 Å². The normalized spacial score (nSPS) is 13.8. The maximum absolute atomic E-state index is 8.62. The first kappa shape index (κ1) is 11.3. The Hall–Kier alpha value is -2.17. The molecule has 17 heavy (non-hydrogen) atoms. The van der Waals surface area contributed by atoms with Crippen molar-refractivity contribution in [3.05, 3.63) is 30.5 Å². The van der Waals surface area contributed by atoms with Crippen LogP contribution < -0.4 is 10.5 Å². The highest BCUT2D eigenvalue weighted by molar-refractivity contribution is 5.85. The van der Waals surface area contributed by atoms with Crippen LogP contribution in [0.3, 0.4) is 0 Å². The molecule has 0 saturated heterocycles. The van der Waals surface area contributed by atoms with Crippen molar-refractivity contribution >= 4 is 16.8 Å². The van der Waals surface area contributed by atoms with Gasteiger partial charge in [-0.05, 0) is 30.7 Å². The van der Waals surface area contributed by atoms with Crippen molar-refractivity contribution in [1.82, 2.24) is 0 Å². The zero-order valence-electron chi connectivity index (χ0n) is 9.46. The summed E-state index contributed by atoms with van der Waals surface area (Å²) in [4.78, 5) is 0. The molecule has 0 fully saturated rings. The Bertz CT molecular complexity index is 533. The molecule has 3 N–H and O–H groups in total. The van der Waals surface area contributed by atoms with E-state index in [-0.39, 0.29) is 5.84 Å². The van der Waals surface area contributed by atoms with Crippen LogP contribution in [0.1, 0.15) is 13.3 Å².